The van der Waals surface area contributed by atoms with Crippen molar-refractivity contribution >= 4 is 11.7 Å². The van der Waals surface area contributed by atoms with Crippen LogP contribution in [0.3, 0.4) is 0 Å². The van der Waals surface area contributed by atoms with Gasteiger partial charge in [-0.15, -0.1) is 0 Å². The second-order valence-electron chi connectivity index (χ2n) is 5.47. The summed E-state index contributed by atoms with van der Waals surface area (Å²) in [6.07, 6.45) is -7.10. The predicted molar refractivity (Wildman–Crippen MR) is 77.1 cm³/mol. The summed E-state index contributed by atoms with van der Waals surface area (Å²) in [6.45, 7) is 0. The number of ether oxygens (including phenoxy) is 1. The highest BCUT2D eigenvalue weighted by molar-refractivity contribution is 5.94. The smallest absolute Gasteiger partial charge is 0.376 e. The lowest BCUT2D eigenvalue weighted by Crippen LogP contribution is -2.48. The van der Waals surface area contributed by atoms with E-state index in [2.05, 4.69) is 15.5 Å². The van der Waals surface area contributed by atoms with Gasteiger partial charge in [-0.2, -0.15) is 18.3 Å². The summed E-state index contributed by atoms with van der Waals surface area (Å²) < 4.78 is 45.8. The second-order valence-corrected chi connectivity index (χ2v) is 5.47. The van der Waals surface area contributed by atoms with E-state index in [4.69, 9.17) is 4.74 Å². The molecule has 1 aromatic carbocycles. The zero-order valence-electron chi connectivity index (χ0n) is 12.5. The molecule has 0 saturated carbocycles. The molecule has 24 heavy (non-hydrogen) atoms. The monoisotopic (exact) mass is 341 g/mol. The molecule has 0 radical (unpaired) electrons. The Morgan fingerprint density at radius 3 is 2.58 bits per heavy atom. The molecule has 0 spiro atoms. The Kier molecular flexibility index (Phi) is 3.84. The molecule has 2 aromatic rings. The molecule has 0 saturated heterocycles. The fourth-order valence-corrected chi connectivity index (χ4v) is 2.84. The number of amides is 1. The SMILES string of the molecule is COC(c1ccccc1)c1[nH]nc2c1C(O)(C(F)(F)F)CC(=O)N2. The zero-order valence-corrected chi connectivity index (χ0v) is 12.5. The van der Waals surface area contributed by atoms with Crippen LogP contribution in [0, 0.1) is 0 Å². The minimum absolute atomic E-state index is 0.0569. The van der Waals surface area contributed by atoms with Crippen molar-refractivity contribution in [1.82, 2.24) is 10.2 Å². The van der Waals surface area contributed by atoms with Gasteiger partial charge in [-0.3, -0.25) is 9.89 Å². The van der Waals surface area contributed by atoms with E-state index in [1.807, 2.05) is 0 Å². The number of anilines is 1. The summed E-state index contributed by atoms with van der Waals surface area (Å²) >= 11 is 0. The van der Waals surface area contributed by atoms with Gasteiger partial charge in [0.05, 0.1) is 17.7 Å². The average Bonchev–Trinajstić information content (AvgIpc) is 2.92. The van der Waals surface area contributed by atoms with Gasteiger partial charge in [-0.05, 0) is 5.56 Å². The van der Waals surface area contributed by atoms with Gasteiger partial charge in [-0.25, -0.2) is 0 Å². The van der Waals surface area contributed by atoms with Gasteiger partial charge in [0.1, 0.15) is 6.10 Å². The molecular formula is C15H14F3N3O3. The summed E-state index contributed by atoms with van der Waals surface area (Å²) in [6, 6.07) is 8.53. The molecule has 2 unspecified atom stereocenters. The fourth-order valence-electron chi connectivity index (χ4n) is 2.84. The van der Waals surface area contributed by atoms with E-state index in [1.165, 1.54) is 7.11 Å². The van der Waals surface area contributed by atoms with E-state index in [0.29, 0.717) is 5.56 Å². The van der Waals surface area contributed by atoms with E-state index in [1.54, 1.807) is 30.3 Å². The highest BCUT2D eigenvalue weighted by Gasteiger charge is 2.61. The van der Waals surface area contributed by atoms with Gasteiger partial charge in [0, 0.05) is 7.11 Å². The Morgan fingerprint density at radius 2 is 2.00 bits per heavy atom. The highest BCUT2D eigenvalue weighted by atomic mass is 19.4. The van der Waals surface area contributed by atoms with Crippen LogP contribution in [-0.2, 0) is 15.1 Å². The fraction of sp³-hybridized carbons (Fsp3) is 0.333. The van der Waals surface area contributed by atoms with Crippen LogP contribution in [0.1, 0.15) is 29.3 Å². The number of aliphatic hydroxyl groups is 1. The first-order valence-corrected chi connectivity index (χ1v) is 7.03. The van der Waals surface area contributed by atoms with E-state index >= 15 is 0 Å². The van der Waals surface area contributed by atoms with Crippen molar-refractivity contribution in [3.05, 3.63) is 47.2 Å². The van der Waals surface area contributed by atoms with Crippen LogP contribution < -0.4 is 5.32 Å². The third-order valence-corrected chi connectivity index (χ3v) is 3.95. The first kappa shape index (κ1) is 16.5. The van der Waals surface area contributed by atoms with Crippen molar-refractivity contribution in [2.45, 2.75) is 24.3 Å². The number of benzene rings is 1. The molecule has 1 amide bonds. The highest BCUT2D eigenvalue weighted by Crippen LogP contribution is 2.49. The van der Waals surface area contributed by atoms with Gasteiger partial charge in [0.25, 0.3) is 0 Å². The molecular weight excluding hydrogens is 327 g/mol. The quantitative estimate of drug-likeness (QED) is 0.799. The number of nitrogens with zero attached hydrogens (tertiary/aromatic N) is 1. The Bertz CT molecular complexity index is 760. The minimum atomic E-state index is -5.05. The predicted octanol–water partition coefficient (Wildman–Crippen LogP) is 2.24. The first-order chi connectivity index (χ1) is 11.3. The van der Waals surface area contributed by atoms with Gasteiger partial charge < -0.3 is 15.2 Å². The molecule has 1 aliphatic heterocycles. The Hall–Kier alpha value is -2.39. The van der Waals surface area contributed by atoms with Gasteiger partial charge in [-0.1, -0.05) is 30.3 Å². The maximum Gasteiger partial charge on any atom is 0.422 e. The van der Waals surface area contributed by atoms with Crippen LogP contribution in [0.5, 0.6) is 0 Å². The lowest BCUT2D eigenvalue weighted by Gasteiger charge is -2.34. The van der Waals surface area contributed by atoms with Crippen molar-refractivity contribution in [3.63, 3.8) is 0 Å². The van der Waals surface area contributed by atoms with Crippen LogP contribution in [0.2, 0.25) is 0 Å². The van der Waals surface area contributed by atoms with Crippen LogP contribution >= 0.6 is 0 Å². The van der Waals surface area contributed by atoms with Crippen molar-refractivity contribution in [1.29, 1.82) is 0 Å². The maximum absolute atomic E-state index is 13.5. The summed E-state index contributed by atoms with van der Waals surface area (Å²) in [5, 5.41) is 18.7. The van der Waals surface area contributed by atoms with Crippen LogP contribution in [0.25, 0.3) is 0 Å². The Balaban J connectivity index is 2.18. The van der Waals surface area contributed by atoms with Crippen molar-refractivity contribution in [2.24, 2.45) is 0 Å². The standard InChI is InChI=1S/C15H14F3N3O3/c1-24-12(8-5-3-2-4-6-8)11-10-13(21-20-11)19-9(22)7-14(10,23)15(16,17)18/h2-6,12,23H,7H2,1H3,(H2,19,20,21,22). The topological polar surface area (TPSA) is 87.2 Å². The number of H-pyrrole nitrogens is 1. The summed E-state index contributed by atoms with van der Waals surface area (Å²) in [5.74, 6) is -1.31. The first-order valence-electron chi connectivity index (χ1n) is 7.03. The molecule has 2 atom stereocenters. The summed E-state index contributed by atoms with van der Waals surface area (Å²) in [4.78, 5) is 11.6. The molecule has 128 valence electrons. The number of hydrogen-bond donors (Lipinski definition) is 3. The second kappa shape index (κ2) is 5.60. The molecule has 0 aliphatic carbocycles. The van der Waals surface area contributed by atoms with Crippen LogP contribution in [0.15, 0.2) is 30.3 Å². The zero-order chi connectivity index (χ0) is 17.5. The molecule has 1 aromatic heterocycles. The minimum Gasteiger partial charge on any atom is -0.376 e. The molecule has 1 aliphatic rings. The Labute approximate surface area is 134 Å². The third-order valence-electron chi connectivity index (χ3n) is 3.95. The molecule has 9 heteroatoms. The number of halogens is 3. The van der Waals surface area contributed by atoms with E-state index in [0.717, 1.165) is 0 Å². The molecule has 0 bridgehead atoms. The van der Waals surface area contributed by atoms with Crippen molar-refractivity contribution in [2.75, 3.05) is 12.4 Å². The lowest BCUT2D eigenvalue weighted by molar-refractivity contribution is -0.267. The number of hydrogen-bond acceptors (Lipinski definition) is 4. The molecule has 3 rings (SSSR count). The van der Waals surface area contributed by atoms with Crippen molar-refractivity contribution < 1.29 is 27.8 Å². The molecule has 6 nitrogen and oxygen atoms in total. The third kappa shape index (κ3) is 2.45. The van der Waals surface area contributed by atoms with Crippen molar-refractivity contribution in [3.8, 4) is 0 Å². The molecule has 2 heterocycles. The number of nitrogens with one attached hydrogen (secondary N) is 2. The average molecular weight is 341 g/mol. The molecule has 0 fully saturated rings. The van der Waals surface area contributed by atoms with Gasteiger partial charge in [0.15, 0.2) is 11.4 Å². The lowest BCUT2D eigenvalue weighted by atomic mass is 9.84. The number of carbonyl (C=O) groups excluding carboxylic acids is 1. The number of methoxy groups -OCH3 is 1. The number of rotatable bonds is 3. The number of carbonyl (C=O) groups is 1. The maximum atomic E-state index is 13.5. The largest absolute Gasteiger partial charge is 0.422 e. The van der Waals surface area contributed by atoms with E-state index in [-0.39, 0.29) is 11.5 Å². The normalized spacial score (nSPS) is 22.0. The summed E-state index contributed by atoms with van der Waals surface area (Å²) in [7, 11) is 1.33. The molecule has 3 N–H and O–H groups in total. The Morgan fingerprint density at radius 1 is 1.33 bits per heavy atom. The van der Waals surface area contributed by atoms with E-state index < -0.39 is 35.8 Å². The summed E-state index contributed by atoms with van der Waals surface area (Å²) in [5.41, 5.74) is -3.34. The number of fused-ring (bicyclic) bond motifs is 1. The van der Waals surface area contributed by atoms with Crippen LogP contribution in [0.4, 0.5) is 19.0 Å². The number of aromatic nitrogens is 2. The van der Waals surface area contributed by atoms with Crippen LogP contribution in [-0.4, -0.2) is 34.5 Å². The number of alkyl halides is 3. The van der Waals surface area contributed by atoms with E-state index in [9.17, 15) is 23.1 Å². The van der Waals surface area contributed by atoms with Gasteiger partial charge in [0.2, 0.25) is 5.91 Å². The number of aromatic amines is 1. The van der Waals surface area contributed by atoms with Gasteiger partial charge >= 0.3 is 6.18 Å².